The number of aromatic hydroxyl groups is 2. The third-order valence-corrected chi connectivity index (χ3v) is 3.67. The van der Waals surface area contributed by atoms with Crippen LogP contribution in [-0.4, -0.2) is 39.0 Å². The van der Waals surface area contributed by atoms with Gasteiger partial charge < -0.3 is 24.8 Å². The standard InChI is InChI=1S/C20H31NO7/c1-11(2)16(24)27-18(21-19(5,6)7)20(26,28-17(25)12(3)4)13-8-14(22)10-15(23)9-13/h8-12,18,21-23,26H,1-7H3. The number of carbonyl (C=O) groups is 2. The summed E-state index contributed by atoms with van der Waals surface area (Å²) < 4.78 is 10.8. The van der Waals surface area contributed by atoms with E-state index in [0.717, 1.165) is 18.2 Å². The number of phenolic OH excluding ortho intramolecular Hbond substituents is 2. The summed E-state index contributed by atoms with van der Waals surface area (Å²) in [6.07, 6.45) is -1.51. The molecule has 2 unspecified atom stereocenters. The highest BCUT2D eigenvalue weighted by atomic mass is 16.7. The maximum Gasteiger partial charge on any atom is 0.311 e. The van der Waals surface area contributed by atoms with E-state index in [1.165, 1.54) is 0 Å². The van der Waals surface area contributed by atoms with E-state index in [-0.39, 0.29) is 17.1 Å². The molecule has 1 aromatic rings. The lowest BCUT2D eigenvalue weighted by atomic mass is 9.99. The SMILES string of the molecule is CC(C)C(=O)OC(NC(C)(C)C)C(O)(OC(=O)C(C)C)c1cc(O)cc(O)c1. The quantitative estimate of drug-likeness (QED) is 0.408. The van der Waals surface area contributed by atoms with Gasteiger partial charge in [0.25, 0.3) is 5.79 Å². The van der Waals surface area contributed by atoms with Crippen LogP contribution < -0.4 is 5.32 Å². The van der Waals surface area contributed by atoms with Crippen LogP contribution in [0.2, 0.25) is 0 Å². The molecule has 1 aromatic carbocycles. The number of phenols is 2. The first-order valence-electron chi connectivity index (χ1n) is 9.12. The number of hydrogen-bond donors (Lipinski definition) is 4. The Morgan fingerprint density at radius 1 is 0.929 bits per heavy atom. The third-order valence-electron chi connectivity index (χ3n) is 3.67. The molecular formula is C20H31NO7. The first-order chi connectivity index (χ1) is 12.7. The Hall–Kier alpha value is -2.32. The molecule has 0 aliphatic rings. The van der Waals surface area contributed by atoms with Crippen LogP contribution in [0.15, 0.2) is 18.2 Å². The maximum absolute atomic E-state index is 12.3. The van der Waals surface area contributed by atoms with E-state index in [1.807, 2.05) is 0 Å². The van der Waals surface area contributed by atoms with E-state index in [2.05, 4.69) is 5.32 Å². The third kappa shape index (κ3) is 6.38. The monoisotopic (exact) mass is 397 g/mol. The molecule has 0 saturated heterocycles. The number of rotatable bonds is 7. The van der Waals surface area contributed by atoms with Gasteiger partial charge in [-0.15, -0.1) is 0 Å². The highest BCUT2D eigenvalue weighted by Gasteiger charge is 2.48. The molecule has 8 heteroatoms. The molecular weight excluding hydrogens is 366 g/mol. The molecule has 0 saturated carbocycles. The van der Waals surface area contributed by atoms with Crippen LogP contribution in [0.3, 0.4) is 0 Å². The topological polar surface area (TPSA) is 125 Å². The Morgan fingerprint density at radius 2 is 1.39 bits per heavy atom. The Bertz CT molecular complexity index is 689. The highest BCUT2D eigenvalue weighted by molar-refractivity contribution is 5.73. The van der Waals surface area contributed by atoms with Crippen molar-refractivity contribution in [1.82, 2.24) is 5.32 Å². The van der Waals surface area contributed by atoms with E-state index in [0.29, 0.717) is 0 Å². The molecule has 0 heterocycles. The van der Waals surface area contributed by atoms with Gasteiger partial charge in [0.1, 0.15) is 11.5 Å². The van der Waals surface area contributed by atoms with Crippen molar-refractivity contribution in [2.45, 2.75) is 66.0 Å². The van der Waals surface area contributed by atoms with Crippen molar-refractivity contribution >= 4 is 11.9 Å². The molecule has 0 spiro atoms. The van der Waals surface area contributed by atoms with Gasteiger partial charge in [0.15, 0.2) is 0 Å². The van der Waals surface area contributed by atoms with Crippen molar-refractivity contribution in [3.05, 3.63) is 23.8 Å². The second kappa shape index (κ2) is 8.79. The summed E-state index contributed by atoms with van der Waals surface area (Å²) >= 11 is 0. The van der Waals surface area contributed by atoms with Crippen LogP contribution in [0.1, 0.15) is 54.0 Å². The van der Waals surface area contributed by atoms with E-state index in [9.17, 15) is 24.9 Å². The van der Waals surface area contributed by atoms with E-state index in [1.54, 1.807) is 48.5 Å². The molecule has 0 aliphatic carbocycles. The number of esters is 2. The van der Waals surface area contributed by atoms with Crippen molar-refractivity contribution in [3.8, 4) is 11.5 Å². The van der Waals surface area contributed by atoms with E-state index < -0.39 is 41.3 Å². The molecule has 2 atom stereocenters. The van der Waals surface area contributed by atoms with E-state index >= 15 is 0 Å². The molecule has 0 fully saturated rings. The molecule has 0 bridgehead atoms. The Labute approximate surface area is 165 Å². The summed E-state index contributed by atoms with van der Waals surface area (Å²) in [5.41, 5.74) is -0.809. The zero-order chi connectivity index (χ0) is 21.9. The number of carbonyl (C=O) groups excluding carboxylic acids is 2. The molecule has 28 heavy (non-hydrogen) atoms. The first-order valence-corrected chi connectivity index (χ1v) is 9.12. The van der Waals surface area contributed by atoms with E-state index in [4.69, 9.17) is 9.47 Å². The van der Waals surface area contributed by atoms with Crippen LogP contribution in [0, 0.1) is 11.8 Å². The second-order valence-electron chi connectivity index (χ2n) is 8.38. The lowest BCUT2D eigenvalue weighted by Crippen LogP contribution is -2.59. The van der Waals surface area contributed by atoms with Crippen molar-refractivity contribution in [3.63, 3.8) is 0 Å². The maximum atomic E-state index is 12.3. The van der Waals surface area contributed by atoms with Gasteiger partial charge in [-0.2, -0.15) is 0 Å². The zero-order valence-corrected chi connectivity index (χ0v) is 17.4. The van der Waals surface area contributed by atoms with Gasteiger partial charge in [0.2, 0.25) is 6.23 Å². The largest absolute Gasteiger partial charge is 0.508 e. The number of hydrogen-bond acceptors (Lipinski definition) is 8. The Kier molecular flexibility index (Phi) is 7.45. The normalized spacial score (nSPS) is 15.2. The lowest BCUT2D eigenvalue weighted by molar-refractivity contribution is -0.273. The molecule has 4 N–H and O–H groups in total. The number of nitrogens with one attached hydrogen (secondary N) is 1. The fraction of sp³-hybridized carbons (Fsp3) is 0.600. The minimum atomic E-state index is -2.50. The average molecular weight is 397 g/mol. The van der Waals surface area contributed by atoms with Gasteiger partial charge in [-0.05, 0) is 32.9 Å². The number of aliphatic hydroxyl groups is 1. The lowest BCUT2D eigenvalue weighted by Gasteiger charge is -2.39. The molecule has 1 rings (SSSR count). The minimum Gasteiger partial charge on any atom is -0.508 e. The molecule has 0 aromatic heterocycles. The summed E-state index contributed by atoms with van der Waals surface area (Å²) in [5.74, 6) is -5.72. The predicted octanol–water partition coefficient (Wildman–Crippen LogP) is 2.36. The van der Waals surface area contributed by atoms with Gasteiger partial charge in [0.05, 0.1) is 11.8 Å². The van der Waals surface area contributed by atoms with Crippen LogP contribution >= 0.6 is 0 Å². The fourth-order valence-corrected chi connectivity index (χ4v) is 2.19. The minimum absolute atomic E-state index is 0.155. The van der Waals surface area contributed by atoms with Gasteiger partial charge in [-0.1, -0.05) is 27.7 Å². The first kappa shape index (κ1) is 23.7. The summed E-state index contributed by atoms with van der Waals surface area (Å²) in [5, 5.41) is 34.0. The Morgan fingerprint density at radius 3 is 1.79 bits per heavy atom. The summed E-state index contributed by atoms with van der Waals surface area (Å²) in [6.45, 7) is 11.7. The fourth-order valence-electron chi connectivity index (χ4n) is 2.19. The number of benzene rings is 1. The zero-order valence-electron chi connectivity index (χ0n) is 17.4. The molecule has 0 aliphatic heterocycles. The van der Waals surface area contributed by atoms with Gasteiger partial charge in [0, 0.05) is 17.2 Å². The summed E-state index contributed by atoms with van der Waals surface area (Å²) in [4.78, 5) is 24.6. The van der Waals surface area contributed by atoms with Crippen molar-refractivity contribution in [2.24, 2.45) is 11.8 Å². The van der Waals surface area contributed by atoms with Crippen molar-refractivity contribution in [1.29, 1.82) is 0 Å². The van der Waals surface area contributed by atoms with Crippen LogP contribution in [0.25, 0.3) is 0 Å². The Balaban J connectivity index is 3.56. The molecule has 158 valence electrons. The molecule has 0 amide bonds. The van der Waals surface area contributed by atoms with Crippen LogP contribution in [0.4, 0.5) is 0 Å². The average Bonchev–Trinajstić information content (AvgIpc) is 2.51. The van der Waals surface area contributed by atoms with Crippen molar-refractivity contribution in [2.75, 3.05) is 0 Å². The molecule has 0 radical (unpaired) electrons. The molecule has 8 nitrogen and oxygen atoms in total. The van der Waals surface area contributed by atoms with Crippen molar-refractivity contribution < 1.29 is 34.4 Å². The van der Waals surface area contributed by atoms with Crippen LogP contribution in [-0.2, 0) is 24.8 Å². The predicted molar refractivity (Wildman–Crippen MR) is 102 cm³/mol. The number of ether oxygens (including phenoxy) is 2. The summed E-state index contributed by atoms with van der Waals surface area (Å²) in [7, 11) is 0. The second-order valence-corrected chi connectivity index (χ2v) is 8.38. The summed E-state index contributed by atoms with van der Waals surface area (Å²) in [6, 6.07) is 3.29. The van der Waals surface area contributed by atoms with Crippen LogP contribution in [0.5, 0.6) is 11.5 Å². The van der Waals surface area contributed by atoms with Gasteiger partial charge in [-0.25, -0.2) is 0 Å². The van der Waals surface area contributed by atoms with Gasteiger partial charge in [-0.3, -0.25) is 14.9 Å². The smallest absolute Gasteiger partial charge is 0.311 e. The highest BCUT2D eigenvalue weighted by Crippen LogP contribution is 2.35. The van der Waals surface area contributed by atoms with Gasteiger partial charge >= 0.3 is 11.9 Å².